The third-order valence-corrected chi connectivity index (χ3v) is 1.31. The highest BCUT2D eigenvalue weighted by molar-refractivity contribution is 5.45. The first kappa shape index (κ1) is 8.52. The van der Waals surface area contributed by atoms with Crippen molar-refractivity contribution in [2.45, 2.75) is 13.8 Å². The first-order valence-corrected chi connectivity index (χ1v) is 3.91. The number of nitrogen functional groups attached to an aromatic ring is 1. The lowest BCUT2D eigenvalue weighted by molar-refractivity contribution is 1.10. The van der Waals surface area contributed by atoms with Gasteiger partial charge < -0.3 is 5.73 Å². The highest BCUT2D eigenvalue weighted by Crippen LogP contribution is 2.03. The lowest BCUT2D eigenvalue weighted by Gasteiger charge is -1.91. The molecule has 0 saturated heterocycles. The molecule has 12 heavy (non-hydrogen) atoms. The Balaban J connectivity index is 0.000000336. The van der Waals surface area contributed by atoms with Gasteiger partial charge in [0.05, 0.1) is 0 Å². The zero-order valence-electron chi connectivity index (χ0n) is 7.23. The van der Waals surface area contributed by atoms with Crippen molar-refractivity contribution >= 4 is 11.3 Å². The number of hydrogen-bond acceptors (Lipinski definition) is 3. The van der Waals surface area contributed by atoms with E-state index in [1.54, 1.807) is 23.0 Å². The molecular formula is C8H12N4. The van der Waals surface area contributed by atoms with Crippen molar-refractivity contribution in [2.75, 3.05) is 5.73 Å². The number of pyridine rings is 1. The Hall–Kier alpha value is -1.58. The summed E-state index contributed by atoms with van der Waals surface area (Å²) in [4.78, 5) is 0. The van der Waals surface area contributed by atoms with Gasteiger partial charge in [0, 0.05) is 11.9 Å². The third-order valence-electron chi connectivity index (χ3n) is 1.31. The molecule has 0 spiro atoms. The van der Waals surface area contributed by atoms with Gasteiger partial charge in [-0.05, 0) is 12.1 Å². The molecular weight excluding hydrogens is 152 g/mol. The lowest BCUT2D eigenvalue weighted by atomic mass is 10.4. The van der Waals surface area contributed by atoms with Gasteiger partial charge in [0.15, 0.2) is 5.65 Å². The molecule has 4 heteroatoms. The maximum Gasteiger partial charge on any atom is 0.160 e. The summed E-state index contributed by atoms with van der Waals surface area (Å²) in [5, 5.41) is 7.52. The summed E-state index contributed by atoms with van der Waals surface area (Å²) >= 11 is 0. The van der Waals surface area contributed by atoms with Crippen molar-refractivity contribution in [3.63, 3.8) is 0 Å². The maximum absolute atomic E-state index is 5.51. The minimum Gasteiger partial charge on any atom is -0.398 e. The number of nitrogens with zero attached hydrogens (tertiary/aromatic N) is 3. The van der Waals surface area contributed by atoms with Crippen LogP contribution in [0.15, 0.2) is 24.7 Å². The van der Waals surface area contributed by atoms with Gasteiger partial charge in [-0.3, -0.25) is 4.40 Å². The van der Waals surface area contributed by atoms with Crippen LogP contribution < -0.4 is 5.73 Å². The maximum atomic E-state index is 5.51. The Kier molecular flexibility index (Phi) is 2.63. The van der Waals surface area contributed by atoms with Crippen LogP contribution in [0.25, 0.3) is 5.65 Å². The topological polar surface area (TPSA) is 56.2 Å². The van der Waals surface area contributed by atoms with E-state index in [1.807, 2.05) is 19.9 Å². The number of aromatic nitrogens is 3. The van der Waals surface area contributed by atoms with E-state index in [0.717, 1.165) is 5.65 Å². The van der Waals surface area contributed by atoms with Crippen LogP contribution in [0.3, 0.4) is 0 Å². The molecule has 2 N–H and O–H groups in total. The van der Waals surface area contributed by atoms with E-state index in [-0.39, 0.29) is 0 Å². The molecule has 0 unspecified atom stereocenters. The summed E-state index contributed by atoms with van der Waals surface area (Å²) in [5.74, 6) is 0. The average Bonchev–Trinajstić information content (AvgIpc) is 2.54. The van der Waals surface area contributed by atoms with Gasteiger partial charge in [0.2, 0.25) is 0 Å². The number of rotatable bonds is 0. The number of hydrogen-bond donors (Lipinski definition) is 1. The van der Waals surface area contributed by atoms with Gasteiger partial charge in [-0.25, -0.2) is 0 Å². The average molecular weight is 164 g/mol. The molecule has 2 aromatic heterocycles. The van der Waals surface area contributed by atoms with Crippen LogP contribution >= 0.6 is 0 Å². The van der Waals surface area contributed by atoms with Crippen LogP contribution in [0.5, 0.6) is 0 Å². The summed E-state index contributed by atoms with van der Waals surface area (Å²) in [6.45, 7) is 4.00. The van der Waals surface area contributed by atoms with Gasteiger partial charge in [0.1, 0.15) is 6.33 Å². The normalized spacial score (nSPS) is 9.17. The Bertz CT molecular complexity index is 353. The van der Waals surface area contributed by atoms with Crippen LogP contribution in [-0.4, -0.2) is 14.6 Å². The van der Waals surface area contributed by atoms with E-state index < -0.39 is 0 Å². The second-order valence-electron chi connectivity index (χ2n) is 2.06. The van der Waals surface area contributed by atoms with E-state index in [0.29, 0.717) is 5.69 Å². The molecule has 0 aromatic carbocycles. The zero-order valence-corrected chi connectivity index (χ0v) is 7.23. The molecule has 2 aromatic rings. The first-order chi connectivity index (χ1) is 5.86. The summed E-state index contributed by atoms with van der Waals surface area (Å²) in [5.41, 5.74) is 7.04. The second kappa shape index (κ2) is 3.71. The summed E-state index contributed by atoms with van der Waals surface area (Å²) in [6.07, 6.45) is 3.39. The highest BCUT2D eigenvalue weighted by atomic mass is 15.2. The fraction of sp³-hybridized carbons (Fsp3) is 0.250. The van der Waals surface area contributed by atoms with E-state index in [9.17, 15) is 0 Å². The second-order valence-corrected chi connectivity index (χ2v) is 2.06. The van der Waals surface area contributed by atoms with Crippen LogP contribution in [0, 0.1) is 0 Å². The van der Waals surface area contributed by atoms with E-state index in [1.165, 1.54) is 0 Å². The largest absolute Gasteiger partial charge is 0.398 e. The van der Waals surface area contributed by atoms with Crippen molar-refractivity contribution in [1.29, 1.82) is 0 Å². The molecule has 0 amide bonds. The van der Waals surface area contributed by atoms with Gasteiger partial charge in [-0.15, -0.1) is 10.2 Å². The van der Waals surface area contributed by atoms with E-state index in [4.69, 9.17) is 5.73 Å². The molecule has 0 saturated carbocycles. The standard InChI is InChI=1S/C6H6N4.C2H6/c7-5-1-2-6-9-8-4-10(6)3-5;1-2/h1-4H,7H2;1-2H3. The molecule has 0 bridgehead atoms. The Morgan fingerprint density at radius 1 is 1.33 bits per heavy atom. The molecule has 2 rings (SSSR count). The van der Waals surface area contributed by atoms with Gasteiger partial charge in [-0.1, -0.05) is 13.8 Å². The molecule has 0 aliphatic carbocycles. The van der Waals surface area contributed by atoms with Gasteiger partial charge in [0.25, 0.3) is 0 Å². The zero-order chi connectivity index (χ0) is 8.97. The highest BCUT2D eigenvalue weighted by Gasteiger charge is 1.91. The number of nitrogens with two attached hydrogens (primary N) is 1. The molecule has 4 nitrogen and oxygen atoms in total. The minimum absolute atomic E-state index is 0.715. The van der Waals surface area contributed by atoms with Crippen molar-refractivity contribution < 1.29 is 0 Å². The number of fused-ring (bicyclic) bond motifs is 1. The first-order valence-electron chi connectivity index (χ1n) is 3.91. The van der Waals surface area contributed by atoms with Crippen LogP contribution in [0.2, 0.25) is 0 Å². The lowest BCUT2D eigenvalue weighted by Crippen LogP contribution is -1.88. The molecule has 0 fully saturated rings. The van der Waals surface area contributed by atoms with Crippen molar-refractivity contribution in [1.82, 2.24) is 14.6 Å². The predicted octanol–water partition coefficient (Wildman–Crippen LogP) is 1.34. The van der Waals surface area contributed by atoms with Gasteiger partial charge in [-0.2, -0.15) is 0 Å². The molecule has 2 heterocycles. The summed E-state index contributed by atoms with van der Waals surface area (Å²) < 4.78 is 1.77. The van der Waals surface area contributed by atoms with Crippen LogP contribution in [-0.2, 0) is 0 Å². The predicted molar refractivity (Wildman–Crippen MR) is 48.7 cm³/mol. The van der Waals surface area contributed by atoms with Crippen LogP contribution in [0.4, 0.5) is 5.69 Å². The molecule has 0 aliphatic rings. The molecule has 64 valence electrons. The molecule has 0 aliphatic heterocycles. The SMILES string of the molecule is CC.Nc1ccc2nncn2c1. The monoisotopic (exact) mass is 164 g/mol. The van der Waals surface area contributed by atoms with E-state index in [2.05, 4.69) is 10.2 Å². The van der Waals surface area contributed by atoms with Crippen molar-refractivity contribution in [3.8, 4) is 0 Å². The number of anilines is 1. The molecule has 0 atom stereocenters. The third kappa shape index (κ3) is 1.53. The van der Waals surface area contributed by atoms with Crippen LogP contribution in [0.1, 0.15) is 13.8 Å². The minimum atomic E-state index is 0.715. The quantitative estimate of drug-likeness (QED) is 0.639. The summed E-state index contributed by atoms with van der Waals surface area (Å²) in [6, 6.07) is 3.62. The van der Waals surface area contributed by atoms with Gasteiger partial charge >= 0.3 is 0 Å². The Labute approximate surface area is 71.0 Å². The summed E-state index contributed by atoms with van der Waals surface area (Å²) in [7, 11) is 0. The van der Waals surface area contributed by atoms with E-state index >= 15 is 0 Å². The molecule has 0 radical (unpaired) electrons. The van der Waals surface area contributed by atoms with Crippen molar-refractivity contribution in [2.24, 2.45) is 0 Å². The Morgan fingerprint density at radius 2 is 2.08 bits per heavy atom. The fourth-order valence-electron chi connectivity index (χ4n) is 0.845. The smallest absolute Gasteiger partial charge is 0.160 e. The fourth-order valence-corrected chi connectivity index (χ4v) is 0.845. The Morgan fingerprint density at radius 3 is 2.83 bits per heavy atom. The van der Waals surface area contributed by atoms with Crippen molar-refractivity contribution in [3.05, 3.63) is 24.7 Å².